The molecule has 0 aliphatic heterocycles. The molecule has 0 fully saturated rings. The molecule has 21 heavy (non-hydrogen) atoms. The first-order valence-electron chi connectivity index (χ1n) is 7.46. The number of aryl methyl sites for hydroxylation is 1. The van der Waals surface area contributed by atoms with Gasteiger partial charge in [0.05, 0.1) is 5.69 Å². The molecule has 0 aromatic carbocycles. The lowest BCUT2D eigenvalue weighted by atomic mass is 9.95. The third-order valence-corrected chi connectivity index (χ3v) is 3.55. The van der Waals surface area contributed by atoms with Crippen LogP contribution in [0.1, 0.15) is 57.0 Å². The zero-order chi connectivity index (χ0) is 15.6. The minimum atomic E-state index is -0.116. The Balaban J connectivity index is 2.39. The molecule has 2 aromatic heterocycles. The molecule has 5 heteroatoms. The van der Waals surface area contributed by atoms with Crippen LogP contribution in [0.15, 0.2) is 12.4 Å². The Labute approximate surface area is 126 Å². The van der Waals surface area contributed by atoms with E-state index in [0.29, 0.717) is 12.2 Å². The van der Waals surface area contributed by atoms with E-state index in [9.17, 15) is 0 Å². The van der Waals surface area contributed by atoms with E-state index in [1.807, 2.05) is 19.3 Å². The number of nitrogens with zero attached hydrogens (tertiary/aromatic N) is 4. The first-order chi connectivity index (χ1) is 9.82. The van der Waals surface area contributed by atoms with Gasteiger partial charge in [-0.05, 0) is 13.3 Å². The van der Waals surface area contributed by atoms with Crippen molar-refractivity contribution in [3.63, 3.8) is 0 Å². The van der Waals surface area contributed by atoms with Crippen LogP contribution in [-0.4, -0.2) is 19.5 Å². The Bertz CT molecular complexity index is 622. The van der Waals surface area contributed by atoms with Crippen LogP contribution in [-0.2, 0) is 18.4 Å². The van der Waals surface area contributed by atoms with Crippen LogP contribution in [0.25, 0.3) is 0 Å². The van der Waals surface area contributed by atoms with Crippen molar-refractivity contribution in [3.05, 3.63) is 35.3 Å². The summed E-state index contributed by atoms with van der Waals surface area (Å²) >= 11 is 0. The molecule has 0 saturated carbocycles. The lowest BCUT2D eigenvalue weighted by molar-refractivity contribution is 0.541. The predicted octanol–water partition coefficient (Wildman–Crippen LogP) is 2.86. The summed E-state index contributed by atoms with van der Waals surface area (Å²) in [5.74, 6) is 2.38. The first-order valence-corrected chi connectivity index (χ1v) is 7.46. The van der Waals surface area contributed by atoms with Gasteiger partial charge in [-0.15, -0.1) is 0 Å². The van der Waals surface area contributed by atoms with Gasteiger partial charge in [0.1, 0.15) is 17.5 Å². The highest BCUT2D eigenvalue weighted by molar-refractivity contribution is 5.42. The number of aromatic nitrogens is 4. The van der Waals surface area contributed by atoms with Crippen LogP contribution in [0.4, 0.5) is 5.82 Å². The SMILES string of the molecule is CCCn1ccnc1Cc1nc(C(C)(C)C)nc(N)c1C. The summed E-state index contributed by atoms with van der Waals surface area (Å²) in [5.41, 5.74) is 7.87. The number of imidazole rings is 1. The van der Waals surface area contributed by atoms with E-state index in [2.05, 4.69) is 42.2 Å². The number of nitrogen functional groups attached to an aromatic ring is 1. The molecule has 2 aromatic rings. The summed E-state index contributed by atoms with van der Waals surface area (Å²) in [7, 11) is 0. The van der Waals surface area contributed by atoms with Gasteiger partial charge in [0, 0.05) is 36.3 Å². The third kappa shape index (κ3) is 3.40. The largest absolute Gasteiger partial charge is 0.383 e. The van der Waals surface area contributed by atoms with Crippen LogP contribution in [0.3, 0.4) is 0 Å². The number of nitrogens with two attached hydrogens (primary N) is 1. The van der Waals surface area contributed by atoms with Crippen LogP contribution >= 0.6 is 0 Å². The van der Waals surface area contributed by atoms with Crippen LogP contribution < -0.4 is 5.73 Å². The van der Waals surface area contributed by atoms with E-state index in [-0.39, 0.29) is 5.41 Å². The fourth-order valence-electron chi connectivity index (χ4n) is 2.19. The lowest BCUT2D eigenvalue weighted by Crippen LogP contribution is -2.20. The van der Waals surface area contributed by atoms with Gasteiger partial charge in [-0.2, -0.15) is 0 Å². The van der Waals surface area contributed by atoms with Crippen LogP contribution in [0, 0.1) is 6.92 Å². The second kappa shape index (κ2) is 5.84. The van der Waals surface area contributed by atoms with Gasteiger partial charge in [-0.1, -0.05) is 27.7 Å². The third-order valence-electron chi connectivity index (χ3n) is 3.55. The molecule has 5 nitrogen and oxygen atoms in total. The Morgan fingerprint density at radius 1 is 1.24 bits per heavy atom. The molecule has 0 aliphatic carbocycles. The zero-order valence-electron chi connectivity index (χ0n) is 13.6. The number of rotatable bonds is 4. The quantitative estimate of drug-likeness (QED) is 0.938. The second-order valence-corrected chi connectivity index (χ2v) is 6.47. The van der Waals surface area contributed by atoms with Gasteiger partial charge >= 0.3 is 0 Å². The molecule has 0 amide bonds. The molecule has 0 radical (unpaired) electrons. The maximum absolute atomic E-state index is 6.07. The molecule has 2 N–H and O–H groups in total. The Morgan fingerprint density at radius 3 is 2.57 bits per heavy atom. The Hall–Kier alpha value is -1.91. The Morgan fingerprint density at radius 2 is 1.95 bits per heavy atom. The molecule has 0 aliphatic rings. The highest BCUT2D eigenvalue weighted by Gasteiger charge is 2.21. The minimum Gasteiger partial charge on any atom is -0.383 e. The molecule has 2 rings (SSSR count). The molecule has 0 unspecified atom stereocenters. The van der Waals surface area contributed by atoms with Gasteiger partial charge in [0.2, 0.25) is 0 Å². The first kappa shape index (κ1) is 15.5. The van der Waals surface area contributed by atoms with Crippen molar-refractivity contribution in [1.82, 2.24) is 19.5 Å². The average Bonchev–Trinajstić information content (AvgIpc) is 2.81. The monoisotopic (exact) mass is 287 g/mol. The number of anilines is 1. The highest BCUT2D eigenvalue weighted by Crippen LogP contribution is 2.23. The smallest absolute Gasteiger partial charge is 0.136 e. The molecular formula is C16H25N5. The van der Waals surface area contributed by atoms with E-state index in [4.69, 9.17) is 10.7 Å². The predicted molar refractivity (Wildman–Crippen MR) is 85.2 cm³/mol. The van der Waals surface area contributed by atoms with Crippen molar-refractivity contribution in [2.24, 2.45) is 0 Å². The standard InChI is InChI=1S/C16H25N5/c1-6-8-21-9-7-18-13(21)10-12-11(2)14(17)20-15(19-12)16(3,4)5/h7,9H,6,8,10H2,1-5H3,(H2,17,19,20). The molecule has 0 atom stereocenters. The number of hydrogen-bond acceptors (Lipinski definition) is 4. The lowest BCUT2D eigenvalue weighted by Gasteiger charge is -2.19. The summed E-state index contributed by atoms with van der Waals surface area (Å²) in [4.78, 5) is 13.6. The van der Waals surface area contributed by atoms with Crippen molar-refractivity contribution >= 4 is 5.82 Å². The summed E-state index contributed by atoms with van der Waals surface area (Å²) in [6.07, 6.45) is 5.63. The maximum Gasteiger partial charge on any atom is 0.136 e. The van der Waals surface area contributed by atoms with Gasteiger partial charge in [-0.3, -0.25) is 0 Å². The van der Waals surface area contributed by atoms with Crippen molar-refractivity contribution in [2.45, 2.75) is 59.4 Å². The van der Waals surface area contributed by atoms with Crippen LogP contribution in [0.5, 0.6) is 0 Å². The van der Waals surface area contributed by atoms with E-state index in [0.717, 1.165) is 35.9 Å². The molecule has 114 valence electrons. The van der Waals surface area contributed by atoms with Gasteiger partial charge in [0.15, 0.2) is 0 Å². The molecular weight excluding hydrogens is 262 g/mol. The van der Waals surface area contributed by atoms with Gasteiger partial charge < -0.3 is 10.3 Å². The molecule has 2 heterocycles. The summed E-state index contributed by atoms with van der Waals surface area (Å²) in [5, 5.41) is 0. The average molecular weight is 287 g/mol. The fraction of sp³-hybridized carbons (Fsp3) is 0.562. The van der Waals surface area contributed by atoms with Crippen LogP contribution in [0.2, 0.25) is 0 Å². The summed E-state index contributed by atoms with van der Waals surface area (Å²) in [6.45, 7) is 11.4. The normalized spacial score (nSPS) is 11.9. The number of hydrogen-bond donors (Lipinski definition) is 1. The summed E-state index contributed by atoms with van der Waals surface area (Å²) in [6, 6.07) is 0. The van der Waals surface area contributed by atoms with E-state index < -0.39 is 0 Å². The maximum atomic E-state index is 6.07. The highest BCUT2D eigenvalue weighted by atomic mass is 15.1. The van der Waals surface area contributed by atoms with E-state index >= 15 is 0 Å². The van der Waals surface area contributed by atoms with Crippen molar-refractivity contribution in [3.8, 4) is 0 Å². The van der Waals surface area contributed by atoms with Crippen molar-refractivity contribution in [2.75, 3.05) is 5.73 Å². The summed E-state index contributed by atoms with van der Waals surface area (Å²) < 4.78 is 2.18. The molecule has 0 saturated heterocycles. The minimum absolute atomic E-state index is 0.116. The zero-order valence-corrected chi connectivity index (χ0v) is 13.6. The van der Waals surface area contributed by atoms with Gasteiger partial charge in [-0.25, -0.2) is 15.0 Å². The second-order valence-electron chi connectivity index (χ2n) is 6.47. The van der Waals surface area contributed by atoms with E-state index in [1.54, 1.807) is 0 Å². The van der Waals surface area contributed by atoms with Crippen molar-refractivity contribution in [1.29, 1.82) is 0 Å². The Kier molecular flexibility index (Phi) is 4.30. The van der Waals surface area contributed by atoms with E-state index in [1.165, 1.54) is 0 Å². The molecule has 0 bridgehead atoms. The molecule has 0 spiro atoms. The fourth-order valence-corrected chi connectivity index (χ4v) is 2.19. The van der Waals surface area contributed by atoms with Gasteiger partial charge in [0.25, 0.3) is 0 Å². The topological polar surface area (TPSA) is 69.6 Å². The van der Waals surface area contributed by atoms with Crippen molar-refractivity contribution < 1.29 is 0 Å².